The molecule has 0 amide bonds. The molecule has 0 fully saturated rings. The molecule has 2 unspecified atom stereocenters. The molecule has 1 rings (SSSR count). The van der Waals surface area contributed by atoms with Gasteiger partial charge in [0.25, 0.3) is 0 Å². The number of ether oxygens (including phenoxy) is 1. The summed E-state index contributed by atoms with van der Waals surface area (Å²) in [6.45, 7) is 4.69. The molecule has 0 bridgehead atoms. The second-order valence-electron chi connectivity index (χ2n) is 5.51. The van der Waals surface area contributed by atoms with Crippen LogP contribution in [0.1, 0.15) is 39.2 Å². The van der Waals surface area contributed by atoms with Crippen LogP contribution in [0.2, 0.25) is 0 Å². The smallest absolute Gasteiger partial charge is 0.453 e. The van der Waals surface area contributed by atoms with E-state index in [4.69, 9.17) is 4.74 Å². The minimum absolute atomic E-state index is 0.0343. The molecule has 0 saturated carbocycles. The van der Waals surface area contributed by atoms with Crippen LogP contribution in [0.3, 0.4) is 0 Å². The summed E-state index contributed by atoms with van der Waals surface area (Å²) in [6.07, 6.45) is -6.73. The fraction of sp³-hybridized carbons (Fsp3) is 0.600. The normalized spacial score (nSPS) is 17.0. The number of rotatable bonds is 6. The topological polar surface area (TPSA) is 29.5 Å². The van der Waals surface area contributed by atoms with Crippen molar-refractivity contribution in [3.63, 3.8) is 0 Å². The van der Waals surface area contributed by atoms with Crippen LogP contribution in [-0.2, 0) is 5.60 Å². The Kier molecular flexibility index (Phi) is 5.43. The Balaban J connectivity index is 2.90. The Morgan fingerprint density at radius 3 is 2.00 bits per heavy atom. The van der Waals surface area contributed by atoms with Gasteiger partial charge < -0.3 is 9.84 Å². The van der Waals surface area contributed by atoms with Crippen LogP contribution in [0.5, 0.6) is 5.75 Å². The summed E-state index contributed by atoms with van der Waals surface area (Å²) in [5, 5.41) is 9.98. The van der Waals surface area contributed by atoms with Crippen molar-refractivity contribution in [1.82, 2.24) is 0 Å². The lowest BCUT2D eigenvalue weighted by Crippen LogP contribution is -2.42. The number of hydrogen-bond acceptors (Lipinski definition) is 2. The lowest BCUT2D eigenvalue weighted by atomic mass is 9.89. The zero-order chi connectivity index (χ0) is 17.2. The molecule has 0 aliphatic carbocycles. The van der Waals surface area contributed by atoms with E-state index in [0.29, 0.717) is 5.75 Å². The van der Waals surface area contributed by atoms with E-state index >= 15 is 0 Å². The number of halogens is 5. The average Bonchev–Trinajstić information content (AvgIpc) is 2.36. The van der Waals surface area contributed by atoms with Crippen LogP contribution in [0.25, 0.3) is 0 Å². The molecule has 0 aromatic heterocycles. The van der Waals surface area contributed by atoms with E-state index in [1.54, 1.807) is 0 Å². The van der Waals surface area contributed by atoms with Gasteiger partial charge >= 0.3 is 12.1 Å². The first kappa shape index (κ1) is 18.7. The van der Waals surface area contributed by atoms with Gasteiger partial charge in [-0.15, -0.1) is 0 Å². The van der Waals surface area contributed by atoms with E-state index in [9.17, 15) is 27.1 Å². The van der Waals surface area contributed by atoms with Gasteiger partial charge in [-0.2, -0.15) is 22.0 Å². The SMILES string of the molecule is CCC(C)Oc1ccc(C(C)(O)CC(F)(F)C(F)(F)F)cc1. The molecular weight excluding hydrogens is 307 g/mol. The summed E-state index contributed by atoms with van der Waals surface area (Å²) in [7, 11) is 0. The van der Waals surface area contributed by atoms with Crippen LogP contribution < -0.4 is 4.74 Å². The fourth-order valence-electron chi connectivity index (χ4n) is 1.84. The fourth-order valence-corrected chi connectivity index (χ4v) is 1.84. The van der Waals surface area contributed by atoms with Gasteiger partial charge in [-0.1, -0.05) is 19.1 Å². The molecule has 2 nitrogen and oxygen atoms in total. The lowest BCUT2D eigenvalue weighted by Gasteiger charge is -2.30. The molecule has 1 aromatic rings. The summed E-state index contributed by atoms with van der Waals surface area (Å²) in [5.74, 6) is -4.51. The van der Waals surface area contributed by atoms with E-state index in [-0.39, 0.29) is 11.7 Å². The van der Waals surface area contributed by atoms with Crippen LogP contribution >= 0.6 is 0 Å². The molecule has 0 aliphatic heterocycles. The van der Waals surface area contributed by atoms with E-state index in [1.165, 1.54) is 24.3 Å². The average molecular weight is 326 g/mol. The molecule has 0 aliphatic rings. The van der Waals surface area contributed by atoms with Crippen LogP contribution in [0.15, 0.2) is 24.3 Å². The van der Waals surface area contributed by atoms with Gasteiger partial charge in [0.2, 0.25) is 0 Å². The Hall–Kier alpha value is -1.37. The molecule has 0 spiro atoms. The van der Waals surface area contributed by atoms with Crippen LogP contribution in [0.4, 0.5) is 22.0 Å². The minimum atomic E-state index is -5.70. The summed E-state index contributed by atoms with van der Waals surface area (Å²) >= 11 is 0. The molecule has 0 heterocycles. The quantitative estimate of drug-likeness (QED) is 0.771. The van der Waals surface area contributed by atoms with E-state index in [1.807, 2.05) is 13.8 Å². The standard InChI is InChI=1S/C15H19F5O2/c1-4-10(2)22-12-7-5-11(6-8-12)13(3,21)9-14(16,17)15(18,19)20/h5-8,10,21H,4,9H2,1-3H3. The molecule has 22 heavy (non-hydrogen) atoms. The Morgan fingerprint density at radius 2 is 1.59 bits per heavy atom. The first-order chi connectivity index (χ1) is 9.89. The minimum Gasteiger partial charge on any atom is -0.491 e. The number of alkyl halides is 5. The highest BCUT2D eigenvalue weighted by atomic mass is 19.4. The van der Waals surface area contributed by atoms with Crippen molar-refractivity contribution >= 4 is 0 Å². The van der Waals surface area contributed by atoms with Crippen molar-refractivity contribution in [2.45, 2.75) is 57.4 Å². The molecule has 126 valence electrons. The Bertz CT molecular complexity index is 480. The summed E-state index contributed by atoms with van der Waals surface area (Å²) in [5.41, 5.74) is -2.35. The lowest BCUT2D eigenvalue weighted by molar-refractivity contribution is -0.296. The van der Waals surface area contributed by atoms with Gasteiger partial charge in [-0.3, -0.25) is 0 Å². The molecular formula is C15H19F5O2. The van der Waals surface area contributed by atoms with Gasteiger partial charge in [0.05, 0.1) is 18.1 Å². The van der Waals surface area contributed by atoms with E-state index in [0.717, 1.165) is 13.3 Å². The van der Waals surface area contributed by atoms with Gasteiger partial charge in [-0.05, 0) is 38.0 Å². The largest absolute Gasteiger partial charge is 0.491 e. The molecule has 1 N–H and O–H groups in total. The molecule has 0 saturated heterocycles. The molecule has 7 heteroatoms. The van der Waals surface area contributed by atoms with E-state index < -0.39 is 24.1 Å². The van der Waals surface area contributed by atoms with Crippen molar-refractivity contribution in [2.75, 3.05) is 0 Å². The number of benzene rings is 1. The third-order valence-corrected chi connectivity index (χ3v) is 3.37. The van der Waals surface area contributed by atoms with Crippen molar-refractivity contribution < 1.29 is 31.8 Å². The van der Waals surface area contributed by atoms with Crippen LogP contribution in [-0.4, -0.2) is 23.3 Å². The highest BCUT2D eigenvalue weighted by Crippen LogP contribution is 2.43. The van der Waals surface area contributed by atoms with Gasteiger partial charge in [0.1, 0.15) is 5.75 Å². The predicted molar refractivity (Wildman–Crippen MR) is 72.0 cm³/mol. The van der Waals surface area contributed by atoms with Crippen molar-refractivity contribution in [3.8, 4) is 5.75 Å². The van der Waals surface area contributed by atoms with Crippen molar-refractivity contribution in [1.29, 1.82) is 0 Å². The third kappa shape index (κ3) is 4.56. The van der Waals surface area contributed by atoms with E-state index in [2.05, 4.69) is 0 Å². The van der Waals surface area contributed by atoms with Gasteiger partial charge in [-0.25, -0.2) is 0 Å². The highest BCUT2D eigenvalue weighted by molar-refractivity contribution is 5.31. The number of hydrogen-bond donors (Lipinski definition) is 1. The number of aliphatic hydroxyl groups is 1. The maximum atomic E-state index is 13.1. The first-order valence-corrected chi connectivity index (χ1v) is 6.83. The summed E-state index contributed by atoms with van der Waals surface area (Å²) < 4.78 is 68.4. The van der Waals surface area contributed by atoms with Crippen molar-refractivity contribution in [2.24, 2.45) is 0 Å². The monoisotopic (exact) mass is 326 g/mol. The maximum Gasteiger partial charge on any atom is 0.453 e. The van der Waals surface area contributed by atoms with Crippen LogP contribution in [0, 0.1) is 0 Å². The first-order valence-electron chi connectivity index (χ1n) is 6.83. The molecule has 1 aromatic carbocycles. The van der Waals surface area contributed by atoms with Crippen molar-refractivity contribution in [3.05, 3.63) is 29.8 Å². The second-order valence-corrected chi connectivity index (χ2v) is 5.51. The summed E-state index contributed by atoms with van der Waals surface area (Å²) in [4.78, 5) is 0. The molecule has 0 radical (unpaired) electrons. The second kappa shape index (κ2) is 6.40. The van der Waals surface area contributed by atoms with Gasteiger partial charge in [0, 0.05) is 0 Å². The Labute approximate surface area is 125 Å². The molecule has 2 atom stereocenters. The predicted octanol–water partition coefficient (Wildman–Crippen LogP) is 4.66. The third-order valence-electron chi connectivity index (χ3n) is 3.37. The summed E-state index contributed by atoms with van der Waals surface area (Å²) in [6, 6.07) is 5.43. The highest BCUT2D eigenvalue weighted by Gasteiger charge is 2.59. The van der Waals surface area contributed by atoms with Gasteiger partial charge in [0.15, 0.2) is 0 Å². The maximum absolute atomic E-state index is 13.1. The Morgan fingerprint density at radius 1 is 1.09 bits per heavy atom. The zero-order valence-electron chi connectivity index (χ0n) is 12.5. The zero-order valence-corrected chi connectivity index (χ0v) is 12.5.